The molecule has 0 saturated carbocycles. The van der Waals surface area contributed by atoms with E-state index in [0.717, 1.165) is 44.5 Å². The lowest BCUT2D eigenvalue weighted by Crippen LogP contribution is -2.54. The molecule has 5 nitrogen and oxygen atoms in total. The Kier molecular flexibility index (Phi) is 5.38. The number of thiophene rings is 1. The fourth-order valence-corrected chi connectivity index (χ4v) is 5.70. The smallest absolute Gasteiger partial charge is 0.224 e. The van der Waals surface area contributed by atoms with Crippen molar-refractivity contribution in [1.82, 2.24) is 14.9 Å². The zero-order valence-corrected chi connectivity index (χ0v) is 17.9. The van der Waals surface area contributed by atoms with Crippen LogP contribution in [0.15, 0.2) is 36.5 Å². The molecule has 0 atom stereocenters. The Morgan fingerprint density at radius 3 is 2.66 bits per heavy atom. The Morgan fingerprint density at radius 1 is 1.07 bits per heavy atom. The molecule has 1 aromatic carbocycles. The van der Waals surface area contributed by atoms with Gasteiger partial charge in [0, 0.05) is 48.5 Å². The molecule has 0 unspecified atom stereocenters. The third kappa shape index (κ3) is 4.09. The topological polar surface area (TPSA) is 44.3 Å². The molecule has 1 N–H and O–H groups in total. The molecular weight excluding hydrogens is 378 g/mol. The molecule has 0 spiro atoms. The number of nitrogens with zero attached hydrogens (tertiary/aromatic N) is 4. The van der Waals surface area contributed by atoms with Crippen LogP contribution < -0.4 is 10.2 Å². The molecule has 152 valence electrons. The summed E-state index contributed by atoms with van der Waals surface area (Å²) in [5.74, 6) is 1.84. The van der Waals surface area contributed by atoms with E-state index in [1.165, 1.54) is 46.2 Å². The molecule has 2 aliphatic heterocycles. The van der Waals surface area contributed by atoms with Crippen molar-refractivity contribution in [3.8, 4) is 0 Å². The second-order valence-corrected chi connectivity index (χ2v) is 9.46. The molecule has 2 aromatic heterocycles. The zero-order chi connectivity index (χ0) is 19.6. The molecule has 5 rings (SSSR count). The van der Waals surface area contributed by atoms with Crippen molar-refractivity contribution in [1.29, 1.82) is 0 Å². The van der Waals surface area contributed by atoms with Crippen molar-refractivity contribution >= 4 is 33.2 Å². The van der Waals surface area contributed by atoms with E-state index in [1.807, 2.05) is 23.6 Å². The first-order valence-corrected chi connectivity index (χ1v) is 11.6. The summed E-state index contributed by atoms with van der Waals surface area (Å²) in [5, 5.41) is 4.95. The fourth-order valence-electron chi connectivity index (χ4n) is 4.45. The largest absolute Gasteiger partial charge is 0.356 e. The Labute approximate surface area is 176 Å². The SMILES string of the molecule is Cc1c(CN2CC(Nc3nccc(N4CCCCCC4)n3)C2)sc2ccccc12. The van der Waals surface area contributed by atoms with Gasteiger partial charge in [0.15, 0.2) is 0 Å². The van der Waals surface area contributed by atoms with Crippen molar-refractivity contribution < 1.29 is 0 Å². The standard InChI is InChI=1S/C23H29N5S/c1-17-19-8-4-5-9-20(19)29-21(17)16-27-14-18(15-27)25-23-24-11-10-22(26-23)28-12-6-2-3-7-13-28/h4-5,8-11,18H,2-3,6-7,12-16H2,1H3,(H,24,25,26). The first-order chi connectivity index (χ1) is 14.3. The van der Waals surface area contributed by atoms with Crippen LogP contribution in [0.2, 0.25) is 0 Å². The van der Waals surface area contributed by atoms with Crippen LogP contribution in [0.3, 0.4) is 0 Å². The Morgan fingerprint density at radius 2 is 1.86 bits per heavy atom. The molecule has 2 saturated heterocycles. The highest BCUT2D eigenvalue weighted by molar-refractivity contribution is 7.19. The third-order valence-electron chi connectivity index (χ3n) is 6.17. The summed E-state index contributed by atoms with van der Waals surface area (Å²) >= 11 is 1.93. The molecule has 2 fully saturated rings. The second kappa shape index (κ2) is 8.28. The Hall–Kier alpha value is -2.18. The highest BCUT2D eigenvalue weighted by Gasteiger charge is 2.28. The maximum absolute atomic E-state index is 4.80. The van der Waals surface area contributed by atoms with Gasteiger partial charge < -0.3 is 10.2 Å². The van der Waals surface area contributed by atoms with Gasteiger partial charge in [-0.05, 0) is 42.8 Å². The van der Waals surface area contributed by atoms with E-state index >= 15 is 0 Å². The number of aryl methyl sites for hydroxylation is 1. The Balaban J connectivity index is 1.17. The predicted octanol–water partition coefficient (Wildman–Crippen LogP) is 4.68. The minimum absolute atomic E-state index is 0.434. The Bertz CT molecular complexity index is 970. The summed E-state index contributed by atoms with van der Waals surface area (Å²) < 4.78 is 1.40. The van der Waals surface area contributed by atoms with Crippen molar-refractivity contribution in [2.45, 2.75) is 45.2 Å². The molecule has 0 bridgehead atoms. The van der Waals surface area contributed by atoms with Gasteiger partial charge in [0.25, 0.3) is 0 Å². The van der Waals surface area contributed by atoms with Gasteiger partial charge in [0.1, 0.15) is 5.82 Å². The summed E-state index contributed by atoms with van der Waals surface area (Å²) in [5.41, 5.74) is 1.44. The number of rotatable bonds is 5. The monoisotopic (exact) mass is 407 g/mol. The minimum Gasteiger partial charge on any atom is -0.356 e. The van der Waals surface area contributed by atoms with E-state index in [-0.39, 0.29) is 0 Å². The molecule has 29 heavy (non-hydrogen) atoms. The van der Waals surface area contributed by atoms with E-state index in [4.69, 9.17) is 4.98 Å². The predicted molar refractivity (Wildman–Crippen MR) is 122 cm³/mol. The normalized spacial score (nSPS) is 18.6. The van der Waals surface area contributed by atoms with Gasteiger partial charge >= 0.3 is 0 Å². The molecule has 0 amide bonds. The van der Waals surface area contributed by atoms with Crippen LogP contribution in [-0.2, 0) is 6.54 Å². The number of hydrogen-bond acceptors (Lipinski definition) is 6. The van der Waals surface area contributed by atoms with Gasteiger partial charge in [-0.2, -0.15) is 4.98 Å². The summed E-state index contributed by atoms with van der Waals surface area (Å²) in [7, 11) is 0. The van der Waals surface area contributed by atoms with Crippen molar-refractivity contribution in [2.75, 3.05) is 36.4 Å². The van der Waals surface area contributed by atoms with E-state index in [9.17, 15) is 0 Å². The summed E-state index contributed by atoms with van der Waals surface area (Å²) in [4.78, 5) is 15.7. The lowest BCUT2D eigenvalue weighted by atomic mass is 10.1. The van der Waals surface area contributed by atoms with Gasteiger partial charge in [0.2, 0.25) is 5.95 Å². The van der Waals surface area contributed by atoms with Crippen LogP contribution >= 0.6 is 11.3 Å². The maximum Gasteiger partial charge on any atom is 0.224 e. The molecule has 2 aliphatic rings. The molecule has 3 aromatic rings. The van der Waals surface area contributed by atoms with Gasteiger partial charge in [-0.25, -0.2) is 4.98 Å². The molecular formula is C23H29N5S. The van der Waals surface area contributed by atoms with Crippen LogP contribution in [-0.4, -0.2) is 47.1 Å². The van der Waals surface area contributed by atoms with E-state index in [2.05, 4.69) is 51.3 Å². The minimum atomic E-state index is 0.434. The molecule has 0 radical (unpaired) electrons. The van der Waals surface area contributed by atoms with Crippen molar-refractivity contribution in [2.24, 2.45) is 0 Å². The average Bonchev–Trinajstić information content (AvgIpc) is 2.89. The summed E-state index contributed by atoms with van der Waals surface area (Å²) in [6.45, 7) is 7.62. The van der Waals surface area contributed by atoms with E-state index < -0.39 is 0 Å². The van der Waals surface area contributed by atoms with Crippen LogP contribution in [0, 0.1) is 6.92 Å². The first kappa shape index (κ1) is 18.8. The van der Waals surface area contributed by atoms with E-state index in [0.29, 0.717) is 6.04 Å². The third-order valence-corrected chi connectivity index (χ3v) is 7.43. The molecule has 0 aliphatic carbocycles. The number of likely N-dealkylation sites (tertiary alicyclic amines) is 1. The van der Waals surface area contributed by atoms with Crippen molar-refractivity contribution in [3.05, 3.63) is 47.0 Å². The molecule has 4 heterocycles. The van der Waals surface area contributed by atoms with Crippen LogP contribution in [0.1, 0.15) is 36.1 Å². The quantitative estimate of drug-likeness (QED) is 0.665. The number of aromatic nitrogens is 2. The zero-order valence-electron chi connectivity index (χ0n) is 17.1. The number of nitrogens with one attached hydrogen (secondary N) is 1. The second-order valence-electron chi connectivity index (χ2n) is 8.32. The highest BCUT2D eigenvalue weighted by atomic mass is 32.1. The van der Waals surface area contributed by atoms with Gasteiger partial charge in [-0.15, -0.1) is 11.3 Å². The molecule has 6 heteroatoms. The van der Waals surface area contributed by atoms with Crippen LogP contribution in [0.25, 0.3) is 10.1 Å². The fraction of sp³-hybridized carbons (Fsp3) is 0.478. The number of anilines is 2. The first-order valence-electron chi connectivity index (χ1n) is 10.8. The highest BCUT2D eigenvalue weighted by Crippen LogP contribution is 2.32. The van der Waals surface area contributed by atoms with Gasteiger partial charge in [-0.3, -0.25) is 4.90 Å². The number of fused-ring (bicyclic) bond motifs is 1. The number of benzene rings is 1. The summed E-state index contributed by atoms with van der Waals surface area (Å²) in [6.07, 6.45) is 7.10. The van der Waals surface area contributed by atoms with Crippen LogP contribution in [0.5, 0.6) is 0 Å². The van der Waals surface area contributed by atoms with E-state index in [1.54, 1.807) is 0 Å². The van der Waals surface area contributed by atoms with Crippen LogP contribution in [0.4, 0.5) is 11.8 Å². The lowest BCUT2D eigenvalue weighted by molar-refractivity contribution is 0.154. The van der Waals surface area contributed by atoms with Crippen molar-refractivity contribution in [3.63, 3.8) is 0 Å². The number of hydrogen-bond donors (Lipinski definition) is 1. The van der Waals surface area contributed by atoms with Gasteiger partial charge in [-0.1, -0.05) is 31.0 Å². The van der Waals surface area contributed by atoms with Gasteiger partial charge in [0.05, 0.1) is 6.04 Å². The average molecular weight is 408 g/mol. The maximum atomic E-state index is 4.80. The summed E-state index contributed by atoms with van der Waals surface area (Å²) in [6, 6.07) is 11.2. The lowest BCUT2D eigenvalue weighted by Gasteiger charge is -2.39.